The van der Waals surface area contributed by atoms with Gasteiger partial charge in [-0.25, -0.2) is 4.89 Å². The van der Waals surface area contributed by atoms with Gasteiger partial charge in [0.05, 0.1) is 6.04 Å². The van der Waals surface area contributed by atoms with Crippen LogP contribution in [0.25, 0.3) is 0 Å². The molecule has 0 bridgehead atoms. The van der Waals surface area contributed by atoms with Gasteiger partial charge in [-0.2, -0.15) is 5.48 Å². The van der Waals surface area contributed by atoms with Crippen LogP contribution in [-0.2, 0) is 14.5 Å². The number of ether oxygens (including phenoxy) is 1. The molecule has 2 saturated heterocycles. The van der Waals surface area contributed by atoms with Gasteiger partial charge < -0.3 is 4.74 Å². The number of nitrogens with one attached hydrogen (secondary N) is 1. The minimum Gasteiger partial charge on any atom is -0.377 e. The van der Waals surface area contributed by atoms with Crippen molar-refractivity contribution in [1.82, 2.24) is 5.48 Å². The Morgan fingerprint density at radius 2 is 2.45 bits per heavy atom. The first kappa shape index (κ1) is 7.51. The quantitative estimate of drug-likeness (QED) is 0.280. The highest BCUT2D eigenvalue weighted by atomic mass is 17.1. The van der Waals surface area contributed by atoms with Crippen LogP contribution in [0.5, 0.6) is 0 Å². The lowest BCUT2D eigenvalue weighted by atomic mass is 9.90. The van der Waals surface area contributed by atoms with E-state index < -0.39 is 0 Å². The summed E-state index contributed by atoms with van der Waals surface area (Å²) in [6, 6.07) is 0.393. The van der Waals surface area contributed by atoms with E-state index in [1.807, 2.05) is 7.85 Å². The smallest absolute Gasteiger partial charge is 0.141 e. The average molecular weight is 159 g/mol. The van der Waals surface area contributed by atoms with Crippen molar-refractivity contribution in [2.24, 2.45) is 0 Å². The van der Waals surface area contributed by atoms with Gasteiger partial charge in [0.25, 0.3) is 0 Å². The van der Waals surface area contributed by atoms with Crippen LogP contribution in [0.1, 0.15) is 0 Å². The van der Waals surface area contributed by atoms with E-state index >= 15 is 0 Å². The third-order valence-electron chi connectivity index (χ3n) is 2.19. The van der Waals surface area contributed by atoms with Gasteiger partial charge in [0, 0.05) is 6.00 Å². The molecule has 62 valence electrons. The molecule has 0 aromatic heterocycles. The highest BCUT2D eigenvalue weighted by Crippen LogP contribution is 2.27. The van der Waals surface area contributed by atoms with E-state index in [4.69, 9.17) is 14.8 Å². The second kappa shape index (κ2) is 2.73. The summed E-state index contributed by atoms with van der Waals surface area (Å²) in [6.45, 7) is 0.174. The lowest BCUT2D eigenvalue weighted by Gasteiger charge is -2.33. The Bertz CT molecular complexity index is 157. The Morgan fingerprint density at radius 3 is 2.91 bits per heavy atom. The first-order valence-electron chi connectivity index (χ1n) is 3.66. The van der Waals surface area contributed by atoms with Crippen molar-refractivity contribution in [2.45, 2.75) is 24.3 Å². The van der Waals surface area contributed by atoms with Gasteiger partial charge in [0.2, 0.25) is 0 Å². The molecule has 2 fully saturated rings. The fraction of sp³-hybridized carbons (Fsp3) is 1.00. The summed E-state index contributed by atoms with van der Waals surface area (Å²) < 4.78 is 5.42. The molecular formula is C5H10BNO4. The molecule has 2 aliphatic rings. The summed E-state index contributed by atoms with van der Waals surface area (Å²) in [7, 11) is 1.96. The van der Waals surface area contributed by atoms with Crippen LogP contribution in [0, 0.1) is 0 Å². The first-order chi connectivity index (χ1) is 5.33. The van der Waals surface area contributed by atoms with Gasteiger partial charge in [0.15, 0.2) is 0 Å². The van der Waals surface area contributed by atoms with Crippen molar-refractivity contribution in [3.63, 3.8) is 0 Å². The van der Waals surface area contributed by atoms with Gasteiger partial charge in [-0.3, -0.25) is 10.1 Å². The van der Waals surface area contributed by atoms with Crippen LogP contribution in [0.2, 0.25) is 0 Å². The van der Waals surface area contributed by atoms with Gasteiger partial charge in [-0.05, 0) is 0 Å². The maximum absolute atomic E-state index is 8.19. The molecule has 0 aromatic carbocycles. The Labute approximate surface area is 64.9 Å². The Kier molecular flexibility index (Phi) is 1.86. The molecule has 2 rings (SSSR count). The second-order valence-electron chi connectivity index (χ2n) is 2.90. The van der Waals surface area contributed by atoms with Crippen LogP contribution >= 0.6 is 0 Å². The fourth-order valence-corrected chi connectivity index (χ4v) is 1.54. The molecule has 4 atom stereocenters. The molecule has 0 radical (unpaired) electrons. The van der Waals surface area contributed by atoms with E-state index in [-0.39, 0.29) is 30.9 Å². The standard InChI is InChI=1S/C5H10BNO4/c6-5-3-4(11-7-3)2(10-5)1-9-8/h2-5,7-8H,1,6H2. The second-order valence-corrected chi connectivity index (χ2v) is 2.90. The van der Waals surface area contributed by atoms with Crippen molar-refractivity contribution >= 4 is 7.85 Å². The molecule has 2 N–H and O–H groups in total. The Balaban J connectivity index is 1.93. The van der Waals surface area contributed by atoms with Crippen molar-refractivity contribution in [1.29, 1.82) is 0 Å². The van der Waals surface area contributed by atoms with Crippen molar-refractivity contribution in [2.75, 3.05) is 6.61 Å². The van der Waals surface area contributed by atoms with Gasteiger partial charge in [-0.1, -0.05) is 0 Å². The van der Waals surface area contributed by atoms with Crippen LogP contribution in [0.4, 0.5) is 0 Å². The largest absolute Gasteiger partial charge is 0.377 e. The van der Waals surface area contributed by atoms with Crippen LogP contribution in [0.3, 0.4) is 0 Å². The van der Waals surface area contributed by atoms with Crippen molar-refractivity contribution in [3.8, 4) is 0 Å². The summed E-state index contributed by atoms with van der Waals surface area (Å²) in [5.74, 6) is 0. The van der Waals surface area contributed by atoms with E-state index in [9.17, 15) is 0 Å². The first-order valence-corrected chi connectivity index (χ1v) is 3.66. The number of rotatable bonds is 2. The number of hydrogen-bond acceptors (Lipinski definition) is 5. The zero-order valence-electron chi connectivity index (χ0n) is 6.19. The van der Waals surface area contributed by atoms with Crippen LogP contribution in [0.15, 0.2) is 0 Å². The van der Waals surface area contributed by atoms with E-state index in [0.717, 1.165) is 0 Å². The normalized spacial score (nSPS) is 48.5. The zero-order valence-corrected chi connectivity index (χ0v) is 6.19. The van der Waals surface area contributed by atoms with Crippen LogP contribution < -0.4 is 5.48 Å². The SMILES string of the molecule is BC1OC(COO)C2ONC12. The Hall–Kier alpha value is -0.135. The van der Waals surface area contributed by atoms with Gasteiger partial charge in [-0.15, -0.1) is 0 Å². The maximum atomic E-state index is 8.19. The predicted molar refractivity (Wildman–Crippen MR) is 37.6 cm³/mol. The summed E-state index contributed by atoms with van der Waals surface area (Å²) in [6.07, 6.45) is -0.0987. The lowest BCUT2D eigenvalue weighted by Crippen LogP contribution is -2.59. The van der Waals surface area contributed by atoms with E-state index in [1.165, 1.54) is 0 Å². The van der Waals surface area contributed by atoms with Crippen molar-refractivity contribution < 1.29 is 19.7 Å². The third kappa shape index (κ3) is 1.07. The number of hydroxylamine groups is 1. The molecule has 0 amide bonds. The summed E-state index contributed by atoms with van der Waals surface area (Å²) in [5, 5.41) is 8.19. The molecule has 11 heavy (non-hydrogen) atoms. The minimum absolute atomic E-state index is 0.0390. The summed E-state index contributed by atoms with van der Waals surface area (Å²) in [4.78, 5) is 9.02. The molecule has 2 heterocycles. The monoisotopic (exact) mass is 159 g/mol. The molecule has 6 heteroatoms. The number of hydrogen-bond donors (Lipinski definition) is 2. The summed E-state index contributed by atoms with van der Waals surface area (Å²) in [5.41, 5.74) is 2.78. The minimum atomic E-state index is -0.138. The van der Waals surface area contributed by atoms with E-state index in [2.05, 4.69) is 10.4 Å². The molecule has 0 aliphatic carbocycles. The molecular weight excluding hydrogens is 149 g/mol. The van der Waals surface area contributed by atoms with Crippen LogP contribution in [-0.4, -0.2) is 44.0 Å². The topological polar surface area (TPSA) is 60.0 Å². The highest BCUT2D eigenvalue weighted by molar-refractivity contribution is 6.11. The van der Waals surface area contributed by atoms with Gasteiger partial charge in [0.1, 0.15) is 26.7 Å². The summed E-state index contributed by atoms with van der Waals surface area (Å²) >= 11 is 0. The van der Waals surface area contributed by atoms with E-state index in [0.29, 0.717) is 0 Å². The molecule has 5 nitrogen and oxygen atoms in total. The predicted octanol–water partition coefficient (Wildman–Crippen LogP) is -1.89. The molecule has 0 spiro atoms. The third-order valence-corrected chi connectivity index (χ3v) is 2.19. The fourth-order valence-electron chi connectivity index (χ4n) is 1.54. The zero-order chi connectivity index (χ0) is 7.84. The Morgan fingerprint density at radius 1 is 1.64 bits per heavy atom. The maximum Gasteiger partial charge on any atom is 0.141 e. The average Bonchev–Trinajstić information content (AvgIpc) is 2.02. The van der Waals surface area contributed by atoms with Crippen molar-refractivity contribution in [3.05, 3.63) is 0 Å². The van der Waals surface area contributed by atoms with Gasteiger partial charge >= 0.3 is 0 Å². The molecule has 0 saturated carbocycles. The molecule has 0 aromatic rings. The molecule has 2 aliphatic heterocycles. The number of fused-ring (bicyclic) bond motifs is 1. The van der Waals surface area contributed by atoms with E-state index in [1.54, 1.807) is 0 Å². The highest BCUT2D eigenvalue weighted by Gasteiger charge is 2.49. The lowest BCUT2D eigenvalue weighted by molar-refractivity contribution is -0.270. The molecule has 4 unspecified atom stereocenters.